The highest BCUT2D eigenvalue weighted by Gasteiger charge is 2.26. The molecular weight excluding hydrogens is 711 g/mol. The summed E-state index contributed by atoms with van der Waals surface area (Å²) in [5.74, 6) is 0.939. The molecule has 0 spiro atoms. The van der Waals surface area contributed by atoms with E-state index in [4.69, 9.17) is 19.9 Å². The second-order valence-corrected chi connectivity index (χ2v) is 13.7. The van der Waals surface area contributed by atoms with Gasteiger partial charge in [-0.25, -0.2) is 14.4 Å². The zero-order chi connectivity index (χ0) is 39.9. The Bertz CT molecular complexity index is 1770. The molecule has 12 nitrogen and oxygen atoms in total. The van der Waals surface area contributed by atoms with Gasteiger partial charge < -0.3 is 29.7 Å². The van der Waals surface area contributed by atoms with Crippen LogP contribution in [0, 0.1) is 0 Å². The number of nitrogens with two attached hydrogens (primary N) is 1. The van der Waals surface area contributed by atoms with Crippen molar-refractivity contribution in [2.45, 2.75) is 51.6 Å². The molecule has 2 aliphatic heterocycles. The number of anilines is 2. The SMILES string of the molecule is COC(=O)c1ccc(CN(C(=O)N2CCCCC2)c2cccc(OC)c2)cc1.COc1cccc(N(Cc2ccc(C(=O)CN)cc2)C(=O)N2CCCCC2)c1. The molecule has 4 aromatic carbocycles. The molecule has 4 amide bonds. The lowest BCUT2D eigenvalue weighted by Crippen LogP contribution is -2.45. The number of amides is 4. The summed E-state index contributed by atoms with van der Waals surface area (Å²) in [6.07, 6.45) is 6.47. The van der Waals surface area contributed by atoms with Crippen molar-refractivity contribution in [3.05, 3.63) is 119 Å². The molecule has 2 heterocycles. The summed E-state index contributed by atoms with van der Waals surface area (Å²) in [4.78, 5) is 57.3. The van der Waals surface area contributed by atoms with E-state index in [9.17, 15) is 19.2 Å². The van der Waals surface area contributed by atoms with Crippen molar-refractivity contribution in [2.24, 2.45) is 5.73 Å². The fourth-order valence-corrected chi connectivity index (χ4v) is 6.75. The predicted octanol–water partition coefficient (Wildman–Crippen LogP) is 7.54. The van der Waals surface area contributed by atoms with Crippen LogP contribution in [0.4, 0.5) is 21.0 Å². The lowest BCUT2D eigenvalue weighted by Gasteiger charge is -2.33. The Balaban J connectivity index is 0.000000214. The molecule has 2 aliphatic rings. The third kappa shape index (κ3) is 11.1. The molecule has 12 heteroatoms. The number of likely N-dealkylation sites (tertiary alicyclic amines) is 2. The van der Waals surface area contributed by atoms with Crippen LogP contribution in [0.3, 0.4) is 0 Å². The van der Waals surface area contributed by atoms with Crippen molar-refractivity contribution in [2.75, 3.05) is 63.9 Å². The van der Waals surface area contributed by atoms with E-state index < -0.39 is 0 Å². The maximum Gasteiger partial charge on any atom is 0.337 e. The lowest BCUT2D eigenvalue weighted by atomic mass is 10.1. The van der Waals surface area contributed by atoms with E-state index in [2.05, 4.69) is 0 Å². The fraction of sp³-hybridized carbons (Fsp3) is 0.364. The molecule has 0 saturated carbocycles. The van der Waals surface area contributed by atoms with Crippen molar-refractivity contribution in [1.82, 2.24) is 9.80 Å². The Labute approximate surface area is 329 Å². The van der Waals surface area contributed by atoms with E-state index in [1.165, 1.54) is 13.5 Å². The summed E-state index contributed by atoms with van der Waals surface area (Å²) in [7, 11) is 4.59. The van der Waals surface area contributed by atoms with Crippen LogP contribution >= 0.6 is 0 Å². The average molecular weight is 764 g/mol. The minimum atomic E-state index is -0.374. The highest BCUT2D eigenvalue weighted by Crippen LogP contribution is 2.27. The number of esters is 1. The van der Waals surface area contributed by atoms with Crippen molar-refractivity contribution in [1.29, 1.82) is 0 Å². The van der Waals surface area contributed by atoms with Crippen LogP contribution in [0.15, 0.2) is 97.1 Å². The van der Waals surface area contributed by atoms with Crippen LogP contribution in [0.5, 0.6) is 11.5 Å². The van der Waals surface area contributed by atoms with Crippen LogP contribution in [0.2, 0.25) is 0 Å². The molecule has 0 unspecified atom stereocenters. The number of Topliss-reactive ketones (excluding diaryl/α,β-unsaturated/α-hetero) is 1. The van der Waals surface area contributed by atoms with Gasteiger partial charge in [0.05, 0.1) is 46.5 Å². The standard InChI is InChI=1S/C22H27N3O3.C22H26N2O4/c1-28-20-7-5-6-19(14-20)25(22(27)24-12-3-2-4-13-24)16-17-8-10-18(11-9-17)21(26)15-23;1-27-20-8-6-7-19(15-20)24(22(26)23-13-4-3-5-14-23)16-17-9-11-18(12-10-17)21(25)28-2/h5-11,14H,2-4,12-13,15-16,23H2,1H3;6-12,15H,3-5,13-14,16H2,1-2H3. The van der Waals surface area contributed by atoms with Gasteiger partial charge in [-0.2, -0.15) is 0 Å². The first-order chi connectivity index (χ1) is 27.2. The maximum absolute atomic E-state index is 13.3. The van der Waals surface area contributed by atoms with Gasteiger partial charge in [-0.05, 0) is 86.1 Å². The van der Waals surface area contributed by atoms with Crippen molar-refractivity contribution in [3.63, 3.8) is 0 Å². The normalized spacial score (nSPS) is 13.8. The number of benzene rings is 4. The molecule has 2 saturated heterocycles. The number of piperidine rings is 2. The number of methoxy groups -OCH3 is 3. The molecule has 56 heavy (non-hydrogen) atoms. The number of ether oxygens (including phenoxy) is 3. The van der Waals surface area contributed by atoms with E-state index in [0.29, 0.717) is 35.7 Å². The zero-order valence-corrected chi connectivity index (χ0v) is 32.7. The van der Waals surface area contributed by atoms with E-state index in [1.807, 2.05) is 82.6 Å². The molecule has 0 aromatic heterocycles. The minimum absolute atomic E-state index is 0.00457. The number of hydrogen-bond acceptors (Lipinski definition) is 8. The van der Waals surface area contributed by atoms with Crippen LogP contribution < -0.4 is 25.0 Å². The molecule has 0 atom stereocenters. The van der Waals surface area contributed by atoms with E-state index >= 15 is 0 Å². The molecular formula is C44H53N5O7. The van der Waals surface area contributed by atoms with Crippen LogP contribution in [0.1, 0.15) is 70.4 Å². The van der Waals surface area contributed by atoms with E-state index in [1.54, 1.807) is 48.3 Å². The van der Waals surface area contributed by atoms with Crippen LogP contribution in [0.25, 0.3) is 0 Å². The Hall–Kier alpha value is -5.88. The van der Waals surface area contributed by atoms with Gasteiger partial charge in [0.25, 0.3) is 0 Å². The molecule has 296 valence electrons. The molecule has 0 bridgehead atoms. The van der Waals surface area contributed by atoms with Crippen molar-refractivity contribution in [3.8, 4) is 11.5 Å². The Kier molecular flexibility index (Phi) is 15.3. The zero-order valence-electron chi connectivity index (χ0n) is 32.7. The Morgan fingerprint density at radius 2 is 0.982 bits per heavy atom. The first kappa shape index (κ1) is 41.3. The van der Waals surface area contributed by atoms with Gasteiger partial charge in [0.1, 0.15) is 11.5 Å². The van der Waals surface area contributed by atoms with Crippen LogP contribution in [-0.4, -0.2) is 87.7 Å². The van der Waals surface area contributed by atoms with Gasteiger partial charge in [0.2, 0.25) is 0 Å². The molecule has 0 aliphatic carbocycles. The summed E-state index contributed by atoms with van der Waals surface area (Å²) in [6.45, 7) is 3.93. The molecule has 2 fully saturated rings. The average Bonchev–Trinajstić information content (AvgIpc) is 3.27. The predicted molar refractivity (Wildman–Crippen MR) is 218 cm³/mol. The minimum Gasteiger partial charge on any atom is -0.497 e. The van der Waals surface area contributed by atoms with Gasteiger partial charge in [0.15, 0.2) is 5.78 Å². The summed E-state index contributed by atoms with van der Waals surface area (Å²) in [6, 6.07) is 29.4. The van der Waals surface area contributed by atoms with E-state index in [0.717, 1.165) is 80.8 Å². The topological polar surface area (TPSA) is 135 Å². The summed E-state index contributed by atoms with van der Waals surface area (Å²) >= 11 is 0. The number of nitrogens with zero attached hydrogens (tertiary/aromatic N) is 4. The largest absolute Gasteiger partial charge is 0.497 e. The smallest absolute Gasteiger partial charge is 0.337 e. The molecule has 4 aromatic rings. The van der Waals surface area contributed by atoms with Gasteiger partial charge in [-0.15, -0.1) is 0 Å². The molecule has 0 radical (unpaired) electrons. The third-order valence-electron chi connectivity index (χ3n) is 9.96. The number of rotatable bonds is 11. The van der Waals surface area contributed by atoms with Gasteiger partial charge in [-0.1, -0.05) is 48.5 Å². The first-order valence-electron chi connectivity index (χ1n) is 19.1. The summed E-state index contributed by atoms with van der Waals surface area (Å²) in [5.41, 5.74) is 9.95. The second kappa shape index (κ2) is 20.7. The Morgan fingerprint density at radius 1 is 0.571 bits per heavy atom. The number of ketones is 1. The summed E-state index contributed by atoms with van der Waals surface area (Å²) in [5, 5.41) is 0. The van der Waals surface area contributed by atoms with Gasteiger partial charge >= 0.3 is 18.0 Å². The van der Waals surface area contributed by atoms with Gasteiger partial charge in [0, 0.05) is 55.2 Å². The third-order valence-corrected chi connectivity index (χ3v) is 9.96. The quantitative estimate of drug-likeness (QED) is 0.122. The van der Waals surface area contributed by atoms with E-state index in [-0.39, 0.29) is 30.4 Å². The van der Waals surface area contributed by atoms with Crippen molar-refractivity contribution >= 4 is 35.2 Å². The second-order valence-electron chi connectivity index (χ2n) is 13.7. The molecule has 2 N–H and O–H groups in total. The van der Waals surface area contributed by atoms with Gasteiger partial charge in [-0.3, -0.25) is 14.6 Å². The number of carbonyl (C=O) groups excluding carboxylic acids is 4. The maximum atomic E-state index is 13.3. The number of carbonyl (C=O) groups is 4. The highest BCUT2D eigenvalue weighted by atomic mass is 16.5. The highest BCUT2D eigenvalue weighted by molar-refractivity contribution is 5.97. The van der Waals surface area contributed by atoms with Crippen LogP contribution in [-0.2, 0) is 17.8 Å². The number of urea groups is 2. The number of hydrogen-bond donors (Lipinski definition) is 1. The lowest BCUT2D eigenvalue weighted by molar-refractivity contribution is 0.0600. The Morgan fingerprint density at radius 3 is 1.36 bits per heavy atom. The monoisotopic (exact) mass is 763 g/mol. The molecule has 6 rings (SSSR count). The fourth-order valence-electron chi connectivity index (χ4n) is 6.75. The summed E-state index contributed by atoms with van der Waals surface area (Å²) < 4.78 is 15.4. The first-order valence-corrected chi connectivity index (χ1v) is 19.1. The van der Waals surface area contributed by atoms with Crippen molar-refractivity contribution < 1.29 is 33.4 Å².